The number of sulfonamides is 1. The summed E-state index contributed by atoms with van der Waals surface area (Å²) >= 11 is 0. The van der Waals surface area contributed by atoms with Crippen LogP contribution in [0.4, 0.5) is 5.69 Å². The van der Waals surface area contributed by atoms with Gasteiger partial charge >= 0.3 is 0 Å². The first-order valence-electron chi connectivity index (χ1n) is 7.40. The van der Waals surface area contributed by atoms with Crippen LogP contribution in [-0.2, 0) is 14.8 Å². The van der Waals surface area contributed by atoms with Crippen molar-refractivity contribution in [3.63, 3.8) is 0 Å². The number of ether oxygens (including phenoxy) is 1. The number of hydrogen-bond acceptors (Lipinski definition) is 5. The summed E-state index contributed by atoms with van der Waals surface area (Å²) in [5.74, 6) is 0. The van der Waals surface area contributed by atoms with E-state index in [2.05, 4.69) is 10.0 Å². The largest absolute Gasteiger partial charge is 0.383 e. The van der Waals surface area contributed by atoms with Gasteiger partial charge in [0.05, 0.1) is 17.0 Å². The maximum atomic E-state index is 12.5. The second kappa shape index (κ2) is 6.95. The summed E-state index contributed by atoms with van der Waals surface area (Å²) in [4.78, 5) is 2.16. The van der Waals surface area contributed by atoms with Crippen LogP contribution in [0.2, 0.25) is 0 Å². The molecule has 6 nitrogen and oxygen atoms in total. The first-order chi connectivity index (χ1) is 10.4. The molecule has 2 rings (SSSR count). The standard InChI is InChI=1S/C15H25N3O3S/c1-18(2)13-6-4-7-14(10-13)22(19,20)17-11-15(12-21-3)8-5-9-16-15/h4,6-7,10,16-17H,5,8-9,11-12H2,1-3H3. The highest BCUT2D eigenvalue weighted by Gasteiger charge is 2.34. The summed E-state index contributed by atoms with van der Waals surface area (Å²) in [5, 5.41) is 3.36. The summed E-state index contributed by atoms with van der Waals surface area (Å²) < 4.78 is 33.0. The van der Waals surface area contributed by atoms with Gasteiger partial charge in [0.25, 0.3) is 0 Å². The lowest BCUT2D eigenvalue weighted by Gasteiger charge is -2.28. The van der Waals surface area contributed by atoms with Crippen LogP contribution in [-0.4, -0.2) is 54.9 Å². The van der Waals surface area contributed by atoms with E-state index in [4.69, 9.17) is 4.74 Å². The lowest BCUT2D eigenvalue weighted by atomic mass is 9.99. The Bertz CT molecular complexity index is 596. The summed E-state index contributed by atoms with van der Waals surface area (Å²) in [7, 11) is 1.87. The lowest BCUT2D eigenvalue weighted by Crippen LogP contribution is -2.52. The molecular formula is C15H25N3O3S. The second-order valence-corrected chi connectivity index (χ2v) is 7.73. The van der Waals surface area contributed by atoms with Crippen LogP contribution in [0.25, 0.3) is 0 Å². The molecule has 1 fully saturated rings. The Morgan fingerprint density at radius 1 is 1.41 bits per heavy atom. The zero-order valence-electron chi connectivity index (χ0n) is 13.4. The number of hydrogen-bond donors (Lipinski definition) is 2. The minimum absolute atomic E-state index is 0.282. The molecule has 1 atom stereocenters. The average Bonchev–Trinajstić information content (AvgIpc) is 2.95. The second-order valence-electron chi connectivity index (χ2n) is 5.96. The topological polar surface area (TPSA) is 70.7 Å². The molecule has 1 saturated heterocycles. The number of benzene rings is 1. The van der Waals surface area contributed by atoms with E-state index in [1.807, 2.05) is 25.1 Å². The van der Waals surface area contributed by atoms with Gasteiger partial charge in [-0.15, -0.1) is 0 Å². The molecule has 1 heterocycles. The van der Waals surface area contributed by atoms with Crippen LogP contribution < -0.4 is 14.9 Å². The van der Waals surface area contributed by atoms with Gasteiger partial charge in [0, 0.05) is 33.4 Å². The van der Waals surface area contributed by atoms with Crippen LogP contribution in [0.5, 0.6) is 0 Å². The summed E-state index contributed by atoms with van der Waals surface area (Å²) in [5.41, 5.74) is 0.550. The molecule has 2 N–H and O–H groups in total. The monoisotopic (exact) mass is 327 g/mol. The molecule has 1 aliphatic heterocycles. The third-order valence-electron chi connectivity index (χ3n) is 4.00. The number of nitrogens with zero attached hydrogens (tertiary/aromatic N) is 1. The lowest BCUT2D eigenvalue weighted by molar-refractivity contribution is 0.122. The quantitative estimate of drug-likeness (QED) is 0.775. The van der Waals surface area contributed by atoms with Gasteiger partial charge < -0.3 is 15.0 Å². The number of rotatable bonds is 7. The van der Waals surface area contributed by atoms with Gasteiger partial charge in [0.15, 0.2) is 0 Å². The van der Waals surface area contributed by atoms with Crippen molar-refractivity contribution in [3.05, 3.63) is 24.3 Å². The third kappa shape index (κ3) is 3.98. The molecule has 1 aromatic rings. The highest BCUT2D eigenvalue weighted by atomic mass is 32.2. The summed E-state index contributed by atoms with van der Waals surface area (Å²) in [6, 6.07) is 6.92. The number of anilines is 1. The van der Waals surface area contributed by atoms with E-state index in [0.717, 1.165) is 25.1 Å². The van der Waals surface area contributed by atoms with Crippen molar-refractivity contribution >= 4 is 15.7 Å². The molecule has 7 heteroatoms. The molecule has 0 radical (unpaired) electrons. The highest BCUT2D eigenvalue weighted by molar-refractivity contribution is 7.89. The first-order valence-corrected chi connectivity index (χ1v) is 8.88. The molecule has 1 unspecified atom stereocenters. The van der Waals surface area contributed by atoms with E-state index in [0.29, 0.717) is 13.2 Å². The van der Waals surface area contributed by atoms with E-state index < -0.39 is 10.0 Å². The van der Waals surface area contributed by atoms with Gasteiger partial charge in [-0.25, -0.2) is 13.1 Å². The Morgan fingerprint density at radius 2 is 2.18 bits per heavy atom. The van der Waals surface area contributed by atoms with Crippen molar-refractivity contribution in [1.82, 2.24) is 10.0 Å². The molecule has 0 bridgehead atoms. The Balaban J connectivity index is 2.12. The van der Waals surface area contributed by atoms with Gasteiger partial charge in [0.1, 0.15) is 0 Å². The van der Waals surface area contributed by atoms with Crippen LogP contribution in [0.15, 0.2) is 29.2 Å². The fraction of sp³-hybridized carbons (Fsp3) is 0.600. The zero-order chi connectivity index (χ0) is 16.2. The molecule has 124 valence electrons. The van der Waals surface area contributed by atoms with Crippen LogP contribution in [0.3, 0.4) is 0 Å². The maximum Gasteiger partial charge on any atom is 0.240 e. The Morgan fingerprint density at radius 3 is 2.77 bits per heavy atom. The Hall–Kier alpha value is -1.15. The number of nitrogens with one attached hydrogen (secondary N) is 2. The van der Waals surface area contributed by atoms with Crippen molar-refractivity contribution in [2.75, 3.05) is 45.8 Å². The molecule has 0 aliphatic carbocycles. The Labute approximate surface area is 132 Å². The van der Waals surface area contributed by atoms with Crippen LogP contribution in [0.1, 0.15) is 12.8 Å². The van der Waals surface area contributed by atoms with Gasteiger partial charge in [-0.3, -0.25) is 0 Å². The van der Waals surface area contributed by atoms with E-state index in [1.54, 1.807) is 25.3 Å². The SMILES string of the molecule is COCC1(CNS(=O)(=O)c2cccc(N(C)C)c2)CCCN1. The van der Waals surface area contributed by atoms with Crippen molar-refractivity contribution < 1.29 is 13.2 Å². The Kier molecular flexibility index (Phi) is 5.44. The van der Waals surface area contributed by atoms with Crippen LogP contribution in [0, 0.1) is 0 Å². The predicted octanol–water partition coefficient (Wildman–Crippen LogP) is 0.800. The van der Waals surface area contributed by atoms with Gasteiger partial charge in [0.2, 0.25) is 10.0 Å². The molecule has 0 aromatic heterocycles. The van der Waals surface area contributed by atoms with E-state index in [1.165, 1.54) is 0 Å². The fourth-order valence-corrected chi connectivity index (χ4v) is 3.88. The van der Waals surface area contributed by atoms with E-state index >= 15 is 0 Å². The van der Waals surface area contributed by atoms with Gasteiger partial charge in [-0.2, -0.15) is 0 Å². The van der Waals surface area contributed by atoms with Gasteiger partial charge in [-0.05, 0) is 37.6 Å². The van der Waals surface area contributed by atoms with Gasteiger partial charge in [-0.1, -0.05) is 6.07 Å². The molecular weight excluding hydrogens is 302 g/mol. The molecule has 0 spiro atoms. The molecule has 0 amide bonds. The summed E-state index contributed by atoms with van der Waals surface area (Å²) in [6.45, 7) is 1.71. The van der Waals surface area contributed by atoms with Crippen molar-refractivity contribution in [3.8, 4) is 0 Å². The maximum absolute atomic E-state index is 12.5. The highest BCUT2D eigenvalue weighted by Crippen LogP contribution is 2.21. The first kappa shape index (κ1) is 17.2. The minimum atomic E-state index is -3.53. The molecule has 1 aromatic carbocycles. The van der Waals surface area contributed by atoms with Crippen molar-refractivity contribution in [2.45, 2.75) is 23.3 Å². The molecule has 22 heavy (non-hydrogen) atoms. The summed E-state index contributed by atoms with van der Waals surface area (Å²) in [6.07, 6.45) is 1.93. The average molecular weight is 327 g/mol. The minimum Gasteiger partial charge on any atom is -0.383 e. The van der Waals surface area contributed by atoms with E-state index in [9.17, 15) is 8.42 Å². The smallest absolute Gasteiger partial charge is 0.240 e. The fourth-order valence-electron chi connectivity index (χ4n) is 2.72. The van der Waals surface area contributed by atoms with Crippen molar-refractivity contribution in [2.24, 2.45) is 0 Å². The number of methoxy groups -OCH3 is 1. The molecule has 1 aliphatic rings. The predicted molar refractivity (Wildman–Crippen MR) is 87.8 cm³/mol. The van der Waals surface area contributed by atoms with E-state index in [-0.39, 0.29) is 10.4 Å². The zero-order valence-corrected chi connectivity index (χ0v) is 14.2. The third-order valence-corrected chi connectivity index (χ3v) is 5.40. The normalized spacial score (nSPS) is 22.0. The van der Waals surface area contributed by atoms with Crippen molar-refractivity contribution in [1.29, 1.82) is 0 Å². The van der Waals surface area contributed by atoms with Crippen LogP contribution >= 0.6 is 0 Å². The molecule has 0 saturated carbocycles.